The largest absolute Gasteiger partial charge is 0.494 e. The van der Waals surface area contributed by atoms with Crippen molar-refractivity contribution in [2.75, 3.05) is 13.2 Å². The molecule has 0 saturated carbocycles. The van der Waals surface area contributed by atoms with Gasteiger partial charge in [-0.1, -0.05) is 24.1 Å². The number of benzene rings is 1. The van der Waals surface area contributed by atoms with Crippen LogP contribution in [0.1, 0.15) is 37.3 Å². The maximum Gasteiger partial charge on any atom is 0.122 e. The molecule has 0 bridgehead atoms. The Kier molecular flexibility index (Phi) is 4.43. The second kappa shape index (κ2) is 6.06. The van der Waals surface area contributed by atoms with E-state index >= 15 is 0 Å². The van der Waals surface area contributed by atoms with E-state index in [2.05, 4.69) is 30.4 Å². The average Bonchev–Trinajstić information content (AvgIpc) is 2.34. The van der Waals surface area contributed by atoms with E-state index in [-0.39, 0.29) is 0 Å². The summed E-state index contributed by atoms with van der Waals surface area (Å²) in [5, 5.41) is 3.60. The number of rotatable bonds is 4. The van der Waals surface area contributed by atoms with Crippen LogP contribution in [-0.2, 0) is 6.42 Å². The molecule has 1 aliphatic heterocycles. The maximum atomic E-state index is 5.71. The van der Waals surface area contributed by atoms with Crippen molar-refractivity contribution in [3.8, 4) is 5.75 Å². The van der Waals surface area contributed by atoms with Crippen molar-refractivity contribution in [2.24, 2.45) is 0 Å². The van der Waals surface area contributed by atoms with Gasteiger partial charge >= 0.3 is 0 Å². The summed E-state index contributed by atoms with van der Waals surface area (Å²) in [4.78, 5) is 0. The third-order valence-electron chi connectivity index (χ3n) is 3.39. The third-order valence-corrected chi connectivity index (χ3v) is 3.39. The Hall–Kier alpha value is -1.02. The minimum Gasteiger partial charge on any atom is -0.494 e. The monoisotopic (exact) mass is 233 g/mol. The minimum atomic E-state index is 0.629. The molecule has 1 N–H and O–H groups in total. The number of hydrogen-bond donors (Lipinski definition) is 1. The van der Waals surface area contributed by atoms with E-state index in [0.29, 0.717) is 6.04 Å². The molecule has 1 unspecified atom stereocenters. The first-order valence-electron chi connectivity index (χ1n) is 6.75. The van der Waals surface area contributed by atoms with Crippen LogP contribution in [0.25, 0.3) is 0 Å². The molecule has 1 atom stereocenters. The predicted octanol–water partition coefficient (Wildman–Crippen LogP) is 3.08. The summed E-state index contributed by atoms with van der Waals surface area (Å²) in [5.74, 6) is 1.06. The first-order valence-corrected chi connectivity index (χ1v) is 6.75. The molecule has 1 aliphatic rings. The zero-order chi connectivity index (χ0) is 12.1. The zero-order valence-electron chi connectivity index (χ0n) is 11.0. The van der Waals surface area contributed by atoms with Gasteiger partial charge in [0.1, 0.15) is 5.75 Å². The lowest BCUT2D eigenvalue weighted by molar-refractivity contribution is 0.331. The lowest BCUT2D eigenvalue weighted by Gasteiger charge is -2.24. The average molecular weight is 233 g/mol. The van der Waals surface area contributed by atoms with Crippen molar-refractivity contribution in [1.82, 2.24) is 5.32 Å². The standard InChI is InChI=1S/C15H23NO/c1-3-17-15-8-7-12(2)10-13(15)11-14-6-4-5-9-16-14/h7-8,10,14,16H,3-6,9,11H2,1-2H3. The molecular formula is C15H23NO. The Labute approximate surface area is 104 Å². The summed E-state index contributed by atoms with van der Waals surface area (Å²) in [6.07, 6.45) is 5.06. The van der Waals surface area contributed by atoms with Gasteiger partial charge in [-0.3, -0.25) is 0 Å². The van der Waals surface area contributed by atoms with Gasteiger partial charge in [-0.05, 0) is 51.3 Å². The summed E-state index contributed by atoms with van der Waals surface area (Å²) in [6.45, 7) is 6.10. The zero-order valence-corrected chi connectivity index (χ0v) is 11.0. The van der Waals surface area contributed by atoms with Gasteiger partial charge in [-0.25, -0.2) is 0 Å². The van der Waals surface area contributed by atoms with Crippen LogP contribution in [-0.4, -0.2) is 19.2 Å². The number of piperidine rings is 1. The second-order valence-corrected chi connectivity index (χ2v) is 4.90. The van der Waals surface area contributed by atoms with Crippen LogP contribution in [0.15, 0.2) is 18.2 Å². The predicted molar refractivity (Wildman–Crippen MR) is 71.7 cm³/mol. The van der Waals surface area contributed by atoms with Gasteiger partial charge in [0.25, 0.3) is 0 Å². The second-order valence-electron chi connectivity index (χ2n) is 4.90. The normalized spacial score (nSPS) is 20.2. The van der Waals surface area contributed by atoms with E-state index in [1.807, 2.05) is 6.92 Å². The Balaban J connectivity index is 2.08. The molecular weight excluding hydrogens is 210 g/mol. The van der Waals surface area contributed by atoms with Gasteiger partial charge in [0, 0.05) is 6.04 Å². The molecule has 17 heavy (non-hydrogen) atoms. The molecule has 94 valence electrons. The molecule has 1 saturated heterocycles. The Morgan fingerprint density at radius 3 is 2.94 bits per heavy atom. The molecule has 2 rings (SSSR count). The lowest BCUT2D eigenvalue weighted by atomic mass is 9.96. The molecule has 0 aromatic heterocycles. The fourth-order valence-electron chi connectivity index (χ4n) is 2.53. The van der Waals surface area contributed by atoms with E-state index in [4.69, 9.17) is 4.74 Å². The lowest BCUT2D eigenvalue weighted by Crippen LogP contribution is -2.35. The fourth-order valence-corrected chi connectivity index (χ4v) is 2.53. The van der Waals surface area contributed by atoms with Crippen molar-refractivity contribution >= 4 is 0 Å². The smallest absolute Gasteiger partial charge is 0.122 e. The van der Waals surface area contributed by atoms with Crippen LogP contribution in [0.4, 0.5) is 0 Å². The van der Waals surface area contributed by atoms with Crippen LogP contribution < -0.4 is 10.1 Å². The molecule has 1 fully saturated rings. The van der Waals surface area contributed by atoms with E-state index < -0.39 is 0 Å². The molecule has 2 nitrogen and oxygen atoms in total. The van der Waals surface area contributed by atoms with Gasteiger partial charge in [0.2, 0.25) is 0 Å². The number of aryl methyl sites for hydroxylation is 1. The quantitative estimate of drug-likeness (QED) is 0.863. The van der Waals surface area contributed by atoms with Crippen LogP contribution >= 0.6 is 0 Å². The molecule has 2 heteroatoms. The molecule has 0 spiro atoms. The van der Waals surface area contributed by atoms with Crippen LogP contribution in [0.5, 0.6) is 5.75 Å². The maximum absolute atomic E-state index is 5.71. The molecule has 0 aliphatic carbocycles. The molecule has 1 heterocycles. The number of ether oxygens (including phenoxy) is 1. The summed E-state index contributed by atoms with van der Waals surface area (Å²) in [7, 11) is 0. The van der Waals surface area contributed by atoms with Gasteiger partial charge in [-0.2, -0.15) is 0 Å². The van der Waals surface area contributed by atoms with Gasteiger partial charge < -0.3 is 10.1 Å². The Bertz CT molecular complexity index is 356. The van der Waals surface area contributed by atoms with Crippen molar-refractivity contribution < 1.29 is 4.74 Å². The highest BCUT2D eigenvalue weighted by Gasteiger charge is 2.15. The van der Waals surface area contributed by atoms with Crippen LogP contribution in [0.3, 0.4) is 0 Å². The van der Waals surface area contributed by atoms with E-state index in [0.717, 1.165) is 18.8 Å². The summed E-state index contributed by atoms with van der Waals surface area (Å²) < 4.78 is 5.71. The molecule has 1 aromatic rings. The number of nitrogens with one attached hydrogen (secondary N) is 1. The highest BCUT2D eigenvalue weighted by molar-refractivity contribution is 5.37. The molecule has 0 amide bonds. The van der Waals surface area contributed by atoms with Gasteiger partial charge in [-0.15, -0.1) is 0 Å². The summed E-state index contributed by atoms with van der Waals surface area (Å²) in [6, 6.07) is 7.13. The van der Waals surface area contributed by atoms with Crippen molar-refractivity contribution in [2.45, 2.75) is 45.6 Å². The first kappa shape index (κ1) is 12.4. The summed E-state index contributed by atoms with van der Waals surface area (Å²) in [5.41, 5.74) is 2.67. The topological polar surface area (TPSA) is 21.3 Å². The SMILES string of the molecule is CCOc1ccc(C)cc1CC1CCCCN1. The number of hydrogen-bond acceptors (Lipinski definition) is 2. The Morgan fingerprint density at radius 1 is 1.35 bits per heavy atom. The van der Waals surface area contributed by atoms with E-state index in [1.54, 1.807) is 0 Å². The highest BCUT2D eigenvalue weighted by atomic mass is 16.5. The third kappa shape index (κ3) is 3.47. The van der Waals surface area contributed by atoms with Gasteiger partial charge in [0.05, 0.1) is 6.61 Å². The van der Waals surface area contributed by atoms with E-state index in [9.17, 15) is 0 Å². The van der Waals surface area contributed by atoms with E-state index in [1.165, 1.54) is 36.9 Å². The highest BCUT2D eigenvalue weighted by Crippen LogP contribution is 2.23. The first-order chi connectivity index (χ1) is 8.29. The van der Waals surface area contributed by atoms with Crippen LogP contribution in [0, 0.1) is 6.92 Å². The summed E-state index contributed by atoms with van der Waals surface area (Å²) >= 11 is 0. The minimum absolute atomic E-state index is 0.629. The van der Waals surface area contributed by atoms with Crippen LogP contribution in [0.2, 0.25) is 0 Å². The fraction of sp³-hybridized carbons (Fsp3) is 0.600. The molecule has 1 aromatic carbocycles. The molecule has 0 radical (unpaired) electrons. The van der Waals surface area contributed by atoms with Crippen molar-refractivity contribution in [1.29, 1.82) is 0 Å². The van der Waals surface area contributed by atoms with Gasteiger partial charge in [0.15, 0.2) is 0 Å². The van der Waals surface area contributed by atoms with Crippen molar-refractivity contribution in [3.05, 3.63) is 29.3 Å². The Morgan fingerprint density at radius 2 is 2.24 bits per heavy atom. The van der Waals surface area contributed by atoms with Crippen molar-refractivity contribution in [3.63, 3.8) is 0 Å².